The summed E-state index contributed by atoms with van der Waals surface area (Å²) in [4.78, 5) is 41.6. The van der Waals surface area contributed by atoms with Crippen LogP contribution in [0.2, 0.25) is 0 Å². The fourth-order valence-electron chi connectivity index (χ4n) is 2.13. The monoisotopic (exact) mass is 293 g/mol. The molecule has 0 spiro atoms. The van der Waals surface area contributed by atoms with Crippen LogP contribution in [-0.2, 0) is 4.79 Å². The van der Waals surface area contributed by atoms with E-state index < -0.39 is 17.4 Å². The Morgan fingerprint density at radius 1 is 1.48 bits per heavy atom. The molecule has 0 saturated heterocycles. The molecule has 1 aromatic rings. The molecule has 7 nitrogen and oxygen atoms in total. The van der Waals surface area contributed by atoms with Gasteiger partial charge in [0.2, 0.25) is 0 Å². The third kappa shape index (κ3) is 3.90. The maximum atomic E-state index is 12.1. The van der Waals surface area contributed by atoms with Gasteiger partial charge < -0.3 is 15.4 Å². The van der Waals surface area contributed by atoms with Crippen molar-refractivity contribution in [3.05, 3.63) is 27.4 Å². The molecule has 1 unspecified atom stereocenters. The van der Waals surface area contributed by atoms with Gasteiger partial charge in [-0.1, -0.05) is 0 Å². The molecule has 7 heteroatoms. The van der Waals surface area contributed by atoms with Crippen molar-refractivity contribution in [2.24, 2.45) is 0 Å². The Kier molecular flexibility index (Phi) is 4.40. The van der Waals surface area contributed by atoms with Crippen molar-refractivity contribution in [1.29, 1.82) is 0 Å². The number of amides is 1. The molecule has 1 heterocycles. The van der Waals surface area contributed by atoms with Crippen LogP contribution in [0, 0.1) is 6.92 Å². The second-order valence-corrected chi connectivity index (χ2v) is 5.49. The number of hydrogen-bond donors (Lipinski definition) is 3. The lowest BCUT2D eigenvalue weighted by Gasteiger charge is -2.13. The van der Waals surface area contributed by atoms with Gasteiger partial charge in [0.05, 0.1) is 5.69 Å². The molecule has 1 aliphatic rings. The predicted molar refractivity (Wildman–Crippen MR) is 75.4 cm³/mol. The number of aliphatic carboxylic acids is 1. The Hall–Kier alpha value is -2.18. The Morgan fingerprint density at radius 2 is 2.14 bits per heavy atom. The van der Waals surface area contributed by atoms with E-state index in [4.69, 9.17) is 5.11 Å². The minimum atomic E-state index is -0.916. The minimum absolute atomic E-state index is 0.00146. The average Bonchev–Trinajstić information content (AvgIpc) is 3.19. The SMILES string of the molecule is Cc1nc(C2CC2)[nH]c(=O)c1C(=O)NC(C)CCC(=O)O. The molecule has 1 aliphatic carbocycles. The molecule has 0 aromatic carbocycles. The van der Waals surface area contributed by atoms with Crippen LogP contribution >= 0.6 is 0 Å². The van der Waals surface area contributed by atoms with Crippen molar-refractivity contribution >= 4 is 11.9 Å². The maximum absolute atomic E-state index is 12.1. The second-order valence-electron chi connectivity index (χ2n) is 5.49. The zero-order valence-corrected chi connectivity index (χ0v) is 12.1. The maximum Gasteiger partial charge on any atom is 0.303 e. The number of H-pyrrole nitrogens is 1. The molecule has 1 atom stereocenters. The first kappa shape index (κ1) is 15.2. The fraction of sp³-hybridized carbons (Fsp3) is 0.571. The number of carbonyl (C=O) groups excluding carboxylic acids is 1. The summed E-state index contributed by atoms with van der Waals surface area (Å²) in [5.41, 5.74) is -0.0301. The zero-order chi connectivity index (χ0) is 15.6. The van der Waals surface area contributed by atoms with Crippen LogP contribution in [0.1, 0.15) is 60.4 Å². The highest BCUT2D eigenvalue weighted by Crippen LogP contribution is 2.37. The number of carbonyl (C=O) groups is 2. The van der Waals surface area contributed by atoms with Crippen LogP contribution in [0.15, 0.2) is 4.79 Å². The first-order valence-corrected chi connectivity index (χ1v) is 7.02. The van der Waals surface area contributed by atoms with Gasteiger partial charge in [0.25, 0.3) is 11.5 Å². The Labute approximate surface area is 121 Å². The first-order chi connectivity index (χ1) is 9.88. The summed E-state index contributed by atoms with van der Waals surface area (Å²) in [6.45, 7) is 3.34. The van der Waals surface area contributed by atoms with Crippen LogP contribution in [0.5, 0.6) is 0 Å². The van der Waals surface area contributed by atoms with Crippen molar-refractivity contribution in [1.82, 2.24) is 15.3 Å². The van der Waals surface area contributed by atoms with Crippen LogP contribution in [0.25, 0.3) is 0 Å². The highest BCUT2D eigenvalue weighted by molar-refractivity contribution is 5.95. The van der Waals surface area contributed by atoms with Crippen molar-refractivity contribution in [3.63, 3.8) is 0 Å². The zero-order valence-electron chi connectivity index (χ0n) is 12.1. The van der Waals surface area contributed by atoms with Gasteiger partial charge >= 0.3 is 5.97 Å². The predicted octanol–water partition coefficient (Wildman–Crippen LogP) is 0.939. The summed E-state index contributed by atoms with van der Waals surface area (Å²) in [5, 5.41) is 11.2. The number of aromatic nitrogens is 2. The molecule has 0 radical (unpaired) electrons. The fourth-order valence-corrected chi connectivity index (χ4v) is 2.13. The van der Waals surface area contributed by atoms with Gasteiger partial charge in [-0.3, -0.25) is 14.4 Å². The van der Waals surface area contributed by atoms with E-state index in [2.05, 4.69) is 15.3 Å². The summed E-state index contributed by atoms with van der Waals surface area (Å²) < 4.78 is 0. The van der Waals surface area contributed by atoms with E-state index in [-0.39, 0.29) is 18.0 Å². The highest BCUT2D eigenvalue weighted by Gasteiger charge is 2.28. The lowest BCUT2D eigenvalue weighted by Crippen LogP contribution is -2.37. The number of carboxylic acids is 1. The lowest BCUT2D eigenvalue weighted by atomic mass is 10.1. The van der Waals surface area contributed by atoms with E-state index in [1.165, 1.54) is 0 Å². The summed E-state index contributed by atoms with van der Waals surface area (Å²) in [6, 6.07) is -0.324. The van der Waals surface area contributed by atoms with Crippen LogP contribution in [0.4, 0.5) is 0 Å². The Bertz CT molecular complexity index is 619. The largest absolute Gasteiger partial charge is 0.481 e. The van der Waals surface area contributed by atoms with Gasteiger partial charge in [-0.25, -0.2) is 4.98 Å². The molecular weight excluding hydrogens is 274 g/mol. The average molecular weight is 293 g/mol. The van der Waals surface area contributed by atoms with Gasteiger partial charge in [0.1, 0.15) is 11.4 Å². The molecule has 1 aromatic heterocycles. The molecule has 1 amide bonds. The Morgan fingerprint density at radius 3 is 2.67 bits per heavy atom. The quantitative estimate of drug-likeness (QED) is 0.722. The number of rotatable bonds is 6. The van der Waals surface area contributed by atoms with Crippen molar-refractivity contribution in [3.8, 4) is 0 Å². The number of nitrogens with zero attached hydrogens (tertiary/aromatic N) is 1. The number of aryl methyl sites for hydroxylation is 1. The lowest BCUT2D eigenvalue weighted by molar-refractivity contribution is -0.137. The van der Waals surface area contributed by atoms with Crippen molar-refractivity contribution in [2.75, 3.05) is 0 Å². The first-order valence-electron chi connectivity index (χ1n) is 7.02. The molecule has 0 bridgehead atoms. The van der Waals surface area contributed by atoms with E-state index in [1.54, 1.807) is 13.8 Å². The molecular formula is C14H19N3O4. The minimum Gasteiger partial charge on any atom is -0.481 e. The smallest absolute Gasteiger partial charge is 0.303 e. The Balaban J connectivity index is 2.08. The van der Waals surface area contributed by atoms with Crippen molar-refractivity contribution < 1.29 is 14.7 Å². The topological polar surface area (TPSA) is 112 Å². The number of aromatic amines is 1. The molecule has 21 heavy (non-hydrogen) atoms. The van der Waals surface area contributed by atoms with E-state index in [9.17, 15) is 14.4 Å². The standard InChI is InChI=1S/C14H19N3O4/c1-7(3-6-10(18)19)15-13(20)11-8(2)16-12(9-4-5-9)17-14(11)21/h7,9H,3-6H2,1-2H3,(H,15,20)(H,18,19)(H,16,17,21). The van der Waals surface area contributed by atoms with E-state index in [0.717, 1.165) is 12.8 Å². The molecule has 0 aliphatic heterocycles. The molecule has 3 N–H and O–H groups in total. The normalized spacial score (nSPS) is 15.5. The summed E-state index contributed by atoms with van der Waals surface area (Å²) >= 11 is 0. The summed E-state index contributed by atoms with van der Waals surface area (Å²) in [7, 11) is 0. The van der Waals surface area contributed by atoms with Gasteiger partial charge in [-0.05, 0) is 33.1 Å². The summed E-state index contributed by atoms with van der Waals surface area (Å²) in [5.74, 6) is -0.474. The number of nitrogens with one attached hydrogen (secondary N) is 2. The molecule has 1 saturated carbocycles. The van der Waals surface area contributed by atoms with Gasteiger partial charge in [-0.15, -0.1) is 0 Å². The van der Waals surface area contributed by atoms with Crippen LogP contribution < -0.4 is 10.9 Å². The number of carboxylic acid groups (broad SMARTS) is 1. The van der Waals surface area contributed by atoms with Crippen LogP contribution in [0.3, 0.4) is 0 Å². The molecule has 1 fully saturated rings. The van der Waals surface area contributed by atoms with E-state index in [1.807, 2.05) is 0 Å². The van der Waals surface area contributed by atoms with Crippen LogP contribution in [-0.4, -0.2) is 33.0 Å². The highest BCUT2D eigenvalue weighted by atomic mass is 16.4. The van der Waals surface area contributed by atoms with Crippen molar-refractivity contribution in [2.45, 2.75) is 51.5 Å². The van der Waals surface area contributed by atoms with Gasteiger partial charge in [0, 0.05) is 18.4 Å². The number of hydrogen-bond acceptors (Lipinski definition) is 4. The third-order valence-electron chi connectivity index (χ3n) is 3.48. The van der Waals surface area contributed by atoms with E-state index in [0.29, 0.717) is 23.9 Å². The molecule has 114 valence electrons. The second kappa shape index (κ2) is 6.07. The summed E-state index contributed by atoms with van der Waals surface area (Å²) in [6.07, 6.45) is 2.31. The molecule has 2 rings (SSSR count). The van der Waals surface area contributed by atoms with Gasteiger partial charge in [0.15, 0.2) is 0 Å². The van der Waals surface area contributed by atoms with E-state index >= 15 is 0 Å². The van der Waals surface area contributed by atoms with Gasteiger partial charge in [-0.2, -0.15) is 0 Å². The third-order valence-corrected chi connectivity index (χ3v) is 3.48.